The molecule has 0 saturated heterocycles. The highest BCUT2D eigenvalue weighted by molar-refractivity contribution is 5.57. The maximum Gasteiger partial charge on any atom is 0.423 e. The van der Waals surface area contributed by atoms with Crippen LogP contribution in [0.5, 0.6) is 5.75 Å². The van der Waals surface area contributed by atoms with Gasteiger partial charge in [-0.05, 0) is 49.4 Å². The molecule has 0 bridgehead atoms. The third-order valence-corrected chi connectivity index (χ3v) is 6.78. The van der Waals surface area contributed by atoms with Crippen LogP contribution in [0, 0.1) is 5.82 Å². The first-order valence-corrected chi connectivity index (χ1v) is 10.8. The maximum atomic E-state index is 14.0. The molecule has 11 heteroatoms. The Morgan fingerprint density at radius 3 is 2.24 bits per heavy atom. The minimum absolute atomic E-state index is 0.195. The van der Waals surface area contributed by atoms with Crippen LogP contribution in [-0.2, 0) is 16.5 Å². The number of rotatable bonds is 5. The van der Waals surface area contributed by atoms with Gasteiger partial charge in [-0.3, -0.25) is 4.40 Å². The lowest BCUT2D eigenvalue weighted by atomic mass is 9.78. The van der Waals surface area contributed by atoms with Crippen LogP contribution in [0.2, 0.25) is 0 Å². The number of benzene rings is 1. The summed E-state index contributed by atoms with van der Waals surface area (Å²) in [6.07, 6.45) is -2.84. The summed E-state index contributed by atoms with van der Waals surface area (Å²) in [6, 6.07) is 7.09. The average Bonchev–Trinajstić information content (AvgIpc) is 3.22. The lowest BCUT2D eigenvalue weighted by Crippen LogP contribution is -2.37. The number of halogens is 6. The van der Waals surface area contributed by atoms with Crippen LogP contribution in [0.1, 0.15) is 55.0 Å². The standard InChI is InChI=1S/C23H21F6N3O2/c1-33-21(13-2-4-14(24)5-3-13)9-6-15(7-10-21)34-17-8-11-32-19(16-12-22(16,25)26)30-31-20(32)18(17)23(27,28)29/h2-5,8,11,15-16H,6-7,9-10,12H2,1H3. The first-order chi connectivity index (χ1) is 16.0. The highest BCUT2D eigenvalue weighted by Gasteiger charge is 2.60. The van der Waals surface area contributed by atoms with E-state index in [4.69, 9.17) is 9.47 Å². The van der Waals surface area contributed by atoms with Crippen molar-refractivity contribution >= 4 is 5.65 Å². The van der Waals surface area contributed by atoms with Crippen LogP contribution in [0.4, 0.5) is 26.3 Å². The molecule has 5 rings (SSSR count). The molecule has 0 aliphatic heterocycles. The predicted molar refractivity (Wildman–Crippen MR) is 108 cm³/mol. The molecule has 1 aromatic carbocycles. The van der Waals surface area contributed by atoms with Crippen molar-refractivity contribution in [1.82, 2.24) is 14.6 Å². The van der Waals surface area contributed by atoms with Crippen molar-refractivity contribution in [2.45, 2.75) is 61.8 Å². The van der Waals surface area contributed by atoms with Crippen molar-refractivity contribution < 1.29 is 35.8 Å². The SMILES string of the molecule is COC1(c2ccc(F)cc2)CCC(Oc2ccn3c(C4CC4(F)F)nnc3c2C(F)(F)F)CC1. The van der Waals surface area contributed by atoms with Crippen molar-refractivity contribution in [3.63, 3.8) is 0 Å². The normalized spacial score (nSPS) is 26.6. The topological polar surface area (TPSA) is 48.7 Å². The molecule has 2 aliphatic carbocycles. The van der Waals surface area contributed by atoms with Crippen LogP contribution in [-0.4, -0.2) is 33.7 Å². The van der Waals surface area contributed by atoms with Crippen LogP contribution in [0.15, 0.2) is 36.5 Å². The molecule has 0 radical (unpaired) electrons. The van der Waals surface area contributed by atoms with Crippen LogP contribution >= 0.6 is 0 Å². The number of hydrogen-bond acceptors (Lipinski definition) is 4. The van der Waals surface area contributed by atoms with Crippen LogP contribution in [0.25, 0.3) is 5.65 Å². The number of ether oxygens (including phenoxy) is 2. The lowest BCUT2D eigenvalue weighted by Gasteiger charge is -2.39. The van der Waals surface area contributed by atoms with E-state index in [2.05, 4.69) is 10.2 Å². The van der Waals surface area contributed by atoms with E-state index in [9.17, 15) is 26.3 Å². The minimum Gasteiger partial charge on any atom is -0.490 e. The maximum absolute atomic E-state index is 14.0. The van der Waals surface area contributed by atoms with E-state index in [1.165, 1.54) is 18.3 Å². The van der Waals surface area contributed by atoms with Gasteiger partial charge in [-0.25, -0.2) is 13.2 Å². The fourth-order valence-electron chi connectivity index (χ4n) is 4.77. The molecule has 1 unspecified atom stereocenters. The molecule has 182 valence electrons. The molecule has 0 N–H and O–H groups in total. The zero-order chi connectivity index (χ0) is 24.3. The minimum atomic E-state index is -4.83. The lowest BCUT2D eigenvalue weighted by molar-refractivity contribution is -0.138. The van der Waals surface area contributed by atoms with E-state index in [1.807, 2.05) is 0 Å². The van der Waals surface area contributed by atoms with Gasteiger partial charge in [0.15, 0.2) is 5.65 Å². The summed E-state index contributed by atoms with van der Waals surface area (Å²) in [4.78, 5) is 0. The monoisotopic (exact) mass is 485 g/mol. The molecule has 5 nitrogen and oxygen atoms in total. The quantitative estimate of drug-likeness (QED) is 0.424. The highest BCUT2D eigenvalue weighted by atomic mass is 19.4. The second kappa shape index (κ2) is 7.86. The molecule has 0 spiro atoms. The molecule has 1 atom stereocenters. The number of nitrogens with zero attached hydrogens (tertiary/aromatic N) is 3. The molecule has 2 fully saturated rings. The third kappa shape index (κ3) is 3.89. The van der Waals surface area contributed by atoms with E-state index >= 15 is 0 Å². The summed E-state index contributed by atoms with van der Waals surface area (Å²) >= 11 is 0. The van der Waals surface area contributed by atoms with Crippen LogP contribution in [0.3, 0.4) is 0 Å². The van der Waals surface area contributed by atoms with Gasteiger partial charge in [-0.2, -0.15) is 13.2 Å². The summed E-state index contributed by atoms with van der Waals surface area (Å²) in [6.45, 7) is 0. The highest BCUT2D eigenvalue weighted by Crippen LogP contribution is 2.55. The molecular weight excluding hydrogens is 464 g/mol. The van der Waals surface area contributed by atoms with E-state index in [0.29, 0.717) is 25.7 Å². The average molecular weight is 485 g/mol. The summed E-state index contributed by atoms with van der Waals surface area (Å²) in [5.74, 6) is -5.22. The number of pyridine rings is 1. The molecule has 2 aromatic heterocycles. The van der Waals surface area contributed by atoms with Gasteiger partial charge in [0.2, 0.25) is 0 Å². The van der Waals surface area contributed by atoms with E-state index < -0.39 is 53.1 Å². The zero-order valence-electron chi connectivity index (χ0n) is 18.1. The number of hydrogen-bond donors (Lipinski definition) is 0. The van der Waals surface area contributed by atoms with Gasteiger partial charge < -0.3 is 9.47 Å². The predicted octanol–water partition coefficient (Wildman–Crippen LogP) is 5.87. The molecule has 34 heavy (non-hydrogen) atoms. The first-order valence-electron chi connectivity index (χ1n) is 10.8. The Hall–Kier alpha value is -2.82. The van der Waals surface area contributed by atoms with E-state index in [0.717, 1.165) is 16.0 Å². The Balaban J connectivity index is 1.39. The second-order valence-electron chi connectivity index (χ2n) is 8.84. The molecule has 2 heterocycles. The Kier molecular flexibility index (Phi) is 5.30. The number of alkyl halides is 5. The van der Waals surface area contributed by atoms with Gasteiger partial charge in [0, 0.05) is 19.7 Å². The summed E-state index contributed by atoms with van der Waals surface area (Å²) < 4.78 is 94.7. The summed E-state index contributed by atoms with van der Waals surface area (Å²) in [5.41, 5.74) is -1.59. The van der Waals surface area contributed by atoms with Gasteiger partial charge in [-0.15, -0.1) is 10.2 Å². The molecule has 2 saturated carbocycles. The number of methoxy groups -OCH3 is 1. The van der Waals surface area contributed by atoms with Crippen molar-refractivity contribution in [1.29, 1.82) is 0 Å². The Labute approximate surface area is 190 Å². The third-order valence-electron chi connectivity index (χ3n) is 6.78. The Bertz CT molecular complexity index is 1200. The molecule has 3 aromatic rings. The fourth-order valence-corrected chi connectivity index (χ4v) is 4.77. The molecular formula is C23H21F6N3O2. The zero-order valence-corrected chi connectivity index (χ0v) is 18.1. The van der Waals surface area contributed by atoms with E-state index in [-0.39, 0.29) is 11.6 Å². The summed E-state index contributed by atoms with van der Waals surface area (Å²) in [7, 11) is 1.55. The Morgan fingerprint density at radius 2 is 1.68 bits per heavy atom. The Morgan fingerprint density at radius 1 is 1.03 bits per heavy atom. The largest absolute Gasteiger partial charge is 0.490 e. The van der Waals surface area contributed by atoms with Crippen molar-refractivity contribution in [3.05, 3.63) is 59.3 Å². The van der Waals surface area contributed by atoms with Crippen LogP contribution < -0.4 is 4.74 Å². The fraction of sp³-hybridized carbons (Fsp3) is 0.478. The number of fused-ring (bicyclic) bond motifs is 1. The van der Waals surface area contributed by atoms with Crippen molar-refractivity contribution in [3.8, 4) is 5.75 Å². The van der Waals surface area contributed by atoms with Gasteiger partial charge in [0.05, 0.1) is 17.6 Å². The first kappa shape index (κ1) is 22.9. The molecule has 0 amide bonds. The van der Waals surface area contributed by atoms with Gasteiger partial charge in [0.1, 0.15) is 23.0 Å². The number of aromatic nitrogens is 3. The van der Waals surface area contributed by atoms with E-state index in [1.54, 1.807) is 19.2 Å². The van der Waals surface area contributed by atoms with Gasteiger partial charge in [0.25, 0.3) is 5.92 Å². The second-order valence-corrected chi connectivity index (χ2v) is 8.84. The van der Waals surface area contributed by atoms with Crippen molar-refractivity contribution in [2.75, 3.05) is 7.11 Å². The molecule has 2 aliphatic rings. The summed E-state index contributed by atoms with van der Waals surface area (Å²) in [5, 5.41) is 7.20. The van der Waals surface area contributed by atoms with Gasteiger partial charge in [-0.1, -0.05) is 12.1 Å². The van der Waals surface area contributed by atoms with Crippen molar-refractivity contribution in [2.24, 2.45) is 0 Å². The van der Waals surface area contributed by atoms with Gasteiger partial charge >= 0.3 is 6.18 Å². The smallest absolute Gasteiger partial charge is 0.423 e.